The predicted octanol–water partition coefficient (Wildman–Crippen LogP) is 2.70. The summed E-state index contributed by atoms with van der Waals surface area (Å²) in [4.78, 5) is 25.8. The molecule has 1 saturated heterocycles. The number of hydroxylamine groups is 1. The van der Waals surface area contributed by atoms with Gasteiger partial charge >= 0.3 is 0 Å². The SMILES string of the molecule is O=C1NCCC1N(c1ccccc1)c1ccc(C(=O)N(O)Cl)cc1. The van der Waals surface area contributed by atoms with E-state index in [4.69, 9.17) is 17.0 Å². The van der Waals surface area contributed by atoms with Gasteiger partial charge in [0.1, 0.15) is 6.04 Å². The van der Waals surface area contributed by atoms with E-state index in [-0.39, 0.29) is 22.1 Å². The Morgan fingerprint density at radius 2 is 1.71 bits per heavy atom. The number of halogens is 1. The molecule has 124 valence electrons. The summed E-state index contributed by atoms with van der Waals surface area (Å²) in [6.45, 7) is 0.634. The maximum absolute atomic E-state index is 12.2. The first-order valence-corrected chi connectivity index (χ1v) is 7.83. The van der Waals surface area contributed by atoms with E-state index in [2.05, 4.69) is 5.32 Å². The van der Waals surface area contributed by atoms with Gasteiger partial charge in [0, 0.05) is 35.3 Å². The van der Waals surface area contributed by atoms with Crippen LogP contribution in [0, 0.1) is 0 Å². The number of para-hydroxylation sites is 1. The predicted molar refractivity (Wildman–Crippen MR) is 90.2 cm³/mol. The first kappa shape index (κ1) is 16.3. The third-order valence-corrected chi connectivity index (χ3v) is 4.08. The van der Waals surface area contributed by atoms with Crippen molar-refractivity contribution in [2.24, 2.45) is 0 Å². The molecule has 2 N–H and O–H groups in total. The van der Waals surface area contributed by atoms with E-state index in [1.165, 1.54) is 0 Å². The number of hydrogen-bond donors (Lipinski definition) is 2. The average Bonchev–Trinajstić information content (AvgIpc) is 3.02. The second-order valence-electron chi connectivity index (χ2n) is 5.41. The number of benzene rings is 2. The van der Waals surface area contributed by atoms with Crippen LogP contribution in [0.5, 0.6) is 0 Å². The van der Waals surface area contributed by atoms with Crippen LogP contribution in [0.3, 0.4) is 0 Å². The minimum atomic E-state index is -0.715. The second kappa shape index (κ2) is 6.90. The lowest BCUT2D eigenvalue weighted by molar-refractivity contribution is -0.120. The zero-order chi connectivity index (χ0) is 17.1. The number of carbonyl (C=O) groups is 2. The van der Waals surface area contributed by atoms with Crippen molar-refractivity contribution in [2.75, 3.05) is 11.4 Å². The third-order valence-electron chi connectivity index (χ3n) is 3.93. The molecule has 1 heterocycles. The first-order valence-electron chi connectivity index (χ1n) is 7.49. The molecule has 0 aliphatic carbocycles. The van der Waals surface area contributed by atoms with E-state index in [0.717, 1.165) is 11.4 Å². The van der Waals surface area contributed by atoms with Gasteiger partial charge < -0.3 is 10.2 Å². The molecule has 0 radical (unpaired) electrons. The molecule has 0 bridgehead atoms. The van der Waals surface area contributed by atoms with Gasteiger partial charge in [-0.15, -0.1) is 4.58 Å². The van der Waals surface area contributed by atoms with Crippen LogP contribution in [0.15, 0.2) is 54.6 Å². The van der Waals surface area contributed by atoms with Crippen LogP contribution in [0.25, 0.3) is 0 Å². The number of amides is 2. The molecule has 0 spiro atoms. The van der Waals surface area contributed by atoms with Crippen molar-refractivity contribution in [2.45, 2.75) is 12.5 Å². The van der Waals surface area contributed by atoms with Crippen LogP contribution < -0.4 is 10.2 Å². The summed E-state index contributed by atoms with van der Waals surface area (Å²) in [6.07, 6.45) is 0.695. The summed E-state index contributed by atoms with van der Waals surface area (Å²) in [5.74, 6) is -0.741. The fraction of sp³-hybridized carbons (Fsp3) is 0.176. The molecule has 1 unspecified atom stereocenters. The van der Waals surface area contributed by atoms with Crippen molar-refractivity contribution in [1.82, 2.24) is 9.90 Å². The van der Waals surface area contributed by atoms with Gasteiger partial charge in [0.15, 0.2) is 0 Å². The summed E-state index contributed by atoms with van der Waals surface area (Å²) >= 11 is 5.26. The van der Waals surface area contributed by atoms with E-state index in [0.29, 0.717) is 13.0 Å². The molecule has 1 aliphatic heterocycles. The molecule has 1 aliphatic rings. The summed E-state index contributed by atoms with van der Waals surface area (Å²) in [5.41, 5.74) is 1.92. The number of rotatable bonds is 4. The van der Waals surface area contributed by atoms with E-state index < -0.39 is 5.91 Å². The monoisotopic (exact) mass is 345 g/mol. The number of carbonyl (C=O) groups excluding carboxylic acids is 2. The summed E-state index contributed by atoms with van der Waals surface area (Å²) in [6, 6.07) is 15.9. The summed E-state index contributed by atoms with van der Waals surface area (Å²) in [5, 5.41) is 11.9. The Bertz CT molecular complexity index is 735. The topological polar surface area (TPSA) is 72.9 Å². The fourth-order valence-corrected chi connectivity index (χ4v) is 2.89. The number of nitrogens with zero attached hydrogens (tertiary/aromatic N) is 2. The minimum Gasteiger partial charge on any atom is -0.354 e. The Morgan fingerprint density at radius 1 is 1.08 bits per heavy atom. The molecule has 2 amide bonds. The van der Waals surface area contributed by atoms with Crippen LogP contribution >= 0.6 is 11.8 Å². The van der Waals surface area contributed by atoms with Crippen molar-refractivity contribution >= 4 is 35.0 Å². The van der Waals surface area contributed by atoms with E-state index in [1.54, 1.807) is 24.3 Å². The number of nitrogens with one attached hydrogen (secondary N) is 1. The molecular formula is C17H16ClN3O3. The van der Waals surface area contributed by atoms with Gasteiger partial charge in [-0.1, -0.05) is 18.2 Å². The van der Waals surface area contributed by atoms with Crippen LogP contribution in [-0.2, 0) is 4.79 Å². The van der Waals surface area contributed by atoms with Crippen LogP contribution in [-0.4, -0.2) is 34.2 Å². The molecule has 0 aromatic heterocycles. The molecule has 7 heteroatoms. The quantitative estimate of drug-likeness (QED) is 0.507. The van der Waals surface area contributed by atoms with Crippen LogP contribution in [0.4, 0.5) is 11.4 Å². The van der Waals surface area contributed by atoms with Gasteiger partial charge in [-0.3, -0.25) is 14.8 Å². The standard InChI is InChI=1S/C17H16ClN3O3/c18-21(24)17(23)12-6-8-14(9-7-12)20(13-4-2-1-3-5-13)15-10-11-19-16(15)22/h1-9,15,24H,10-11H2,(H,19,22). The third kappa shape index (κ3) is 3.20. The molecular weight excluding hydrogens is 330 g/mol. The van der Waals surface area contributed by atoms with Crippen LogP contribution in [0.1, 0.15) is 16.8 Å². The lowest BCUT2D eigenvalue weighted by Gasteiger charge is -2.29. The van der Waals surface area contributed by atoms with Gasteiger partial charge in [0.2, 0.25) is 5.91 Å². The summed E-state index contributed by atoms with van der Waals surface area (Å²) in [7, 11) is 0. The van der Waals surface area contributed by atoms with Gasteiger partial charge in [0.05, 0.1) is 0 Å². The Morgan fingerprint density at radius 3 is 2.25 bits per heavy atom. The first-order chi connectivity index (χ1) is 11.6. The molecule has 1 atom stereocenters. The van der Waals surface area contributed by atoms with Crippen molar-refractivity contribution in [3.05, 3.63) is 60.2 Å². The van der Waals surface area contributed by atoms with Crippen molar-refractivity contribution in [3.63, 3.8) is 0 Å². The Balaban J connectivity index is 1.97. The Labute approximate surface area is 144 Å². The lowest BCUT2D eigenvalue weighted by atomic mass is 10.1. The molecule has 1 fully saturated rings. The van der Waals surface area contributed by atoms with Gasteiger partial charge in [-0.2, -0.15) is 0 Å². The highest BCUT2D eigenvalue weighted by molar-refractivity contribution is 6.22. The number of hydrogen-bond acceptors (Lipinski definition) is 4. The molecule has 0 saturated carbocycles. The maximum atomic E-state index is 12.2. The lowest BCUT2D eigenvalue weighted by Crippen LogP contribution is -2.37. The van der Waals surface area contributed by atoms with Crippen LogP contribution in [0.2, 0.25) is 0 Å². The highest BCUT2D eigenvalue weighted by atomic mass is 35.5. The molecule has 2 aromatic carbocycles. The highest BCUT2D eigenvalue weighted by Crippen LogP contribution is 2.30. The maximum Gasteiger partial charge on any atom is 0.292 e. The van der Waals surface area contributed by atoms with E-state index >= 15 is 0 Å². The number of anilines is 2. The average molecular weight is 346 g/mol. The van der Waals surface area contributed by atoms with Crippen molar-refractivity contribution in [1.29, 1.82) is 0 Å². The smallest absolute Gasteiger partial charge is 0.292 e. The minimum absolute atomic E-state index is 0.0222. The largest absolute Gasteiger partial charge is 0.354 e. The fourth-order valence-electron chi connectivity index (χ4n) is 2.80. The zero-order valence-corrected chi connectivity index (χ0v) is 13.5. The van der Waals surface area contributed by atoms with E-state index in [9.17, 15) is 9.59 Å². The van der Waals surface area contributed by atoms with Crippen molar-refractivity contribution in [3.8, 4) is 0 Å². The molecule has 2 aromatic rings. The zero-order valence-electron chi connectivity index (χ0n) is 12.7. The molecule has 24 heavy (non-hydrogen) atoms. The van der Waals surface area contributed by atoms with Gasteiger partial charge in [-0.25, -0.2) is 0 Å². The molecule has 3 rings (SSSR count). The van der Waals surface area contributed by atoms with Gasteiger partial charge in [0.25, 0.3) is 5.91 Å². The normalized spacial score (nSPS) is 16.6. The highest BCUT2D eigenvalue weighted by Gasteiger charge is 2.31. The summed E-state index contributed by atoms with van der Waals surface area (Å²) < 4.78 is 0.0222. The second-order valence-corrected chi connectivity index (χ2v) is 5.73. The van der Waals surface area contributed by atoms with Crippen molar-refractivity contribution < 1.29 is 14.8 Å². The Hall–Kier alpha value is -2.57. The Kier molecular flexibility index (Phi) is 4.69. The van der Waals surface area contributed by atoms with E-state index in [1.807, 2.05) is 35.2 Å². The van der Waals surface area contributed by atoms with Gasteiger partial charge in [-0.05, 0) is 42.8 Å². The molecule has 6 nitrogen and oxygen atoms in total.